The van der Waals surface area contributed by atoms with Crippen LogP contribution in [0.15, 0.2) is 35.7 Å². The van der Waals surface area contributed by atoms with Crippen molar-refractivity contribution < 1.29 is 4.74 Å². The summed E-state index contributed by atoms with van der Waals surface area (Å²) in [4.78, 5) is 5.56. The molecule has 3 rings (SSSR count). The zero-order chi connectivity index (χ0) is 23.7. The summed E-state index contributed by atoms with van der Waals surface area (Å²) in [5.74, 6) is 0.931. The quantitative estimate of drug-likeness (QED) is 0.522. The average molecular weight is 462 g/mol. The second-order valence-corrected chi connectivity index (χ2v) is 9.74. The van der Waals surface area contributed by atoms with E-state index in [-0.39, 0.29) is 5.92 Å². The van der Waals surface area contributed by atoms with Crippen molar-refractivity contribution in [2.75, 3.05) is 45.9 Å². The third-order valence-electron chi connectivity index (χ3n) is 6.56. The summed E-state index contributed by atoms with van der Waals surface area (Å²) >= 11 is 1.43. The molecule has 0 saturated carbocycles. The van der Waals surface area contributed by atoms with Crippen molar-refractivity contribution in [2.45, 2.75) is 32.1 Å². The highest BCUT2D eigenvalue weighted by molar-refractivity contribution is 7.10. The minimum atomic E-state index is -0.534. The monoisotopic (exact) mass is 461 g/mol. The molecule has 172 valence electrons. The Morgan fingerprint density at radius 3 is 2.36 bits per heavy atom. The van der Waals surface area contributed by atoms with Crippen LogP contribution in [0.1, 0.15) is 42.7 Å². The Balaban J connectivity index is 1.42. The van der Waals surface area contributed by atoms with Gasteiger partial charge < -0.3 is 9.64 Å². The lowest BCUT2D eigenvalue weighted by Crippen LogP contribution is -2.47. The van der Waals surface area contributed by atoms with Crippen molar-refractivity contribution in [3.8, 4) is 24.0 Å². The van der Waals surface area contributed by atoms with Crippen LogP contribution < -0.4 is 4.74 Å². The first kappa shape index (κ1) is 24.7. The van der Waals surface area contributed by atoms with Crippen LogP contribution in [0.4, 0.5) is 0 Å². The molecule has 6 nitrogen and oxygen atoms in total. The van der Waals surface area contributed by atoms with Gasteiger partial charge in [0.2, 0.25) is 0 Å². The van der Waals surface area contributed by atoms with E-state index < -0.39 is 5.41 Å². The average Bonchev–Trinajstić information content (AvgIpc) is 3.32. The molecule has 0 bridgehead atoms. The van der Waals surface area contributed by atoms with E-state index in [0.717, 1.165) is 63.4 Å². The fourth-order valence-corrected chi connectivity index (χ4v) is 5.19. The summed E-state index contributed by atoms with van der Waals surface area (Å²) in [5.41, 5.74) is 1.07. The van der Waals surface area contributed by atoms with Gasteiger partial charge in [0.05, 0.1) is 23.1 Å². The summed E-state index contributed by atoms with van der Waals surface area (Å²) in [7, 11) is 0. The summed E-state index contributed by atoms with van der Waals surface area (Å²) in [5, 5.41) is 30.2. The van der Waals surface area contributed by atoms with Crippen LogP contribution >= 0.6 is 11.3 Å². The van der Waals surface area contributed by atoms with Gasteiger partial charge in [-0.05, 0) is 60.5 Å². The van der Waals surface area contributed by atoms with E-state index in [4.69, 9.17) is 10.00 Å². The molecule has 1 fully saturated rings. The summed E-state index contributed by atoms with van der Waals surface area (Å²) in [6.07, 6.45) is 1.76. The first-order chi connectivity index (χ1) is 16.0. The van der Waals surface area contributed by atoms with Crippen molar-refractivity contribution in [1.29, 1.82) is 15.8 Å². The fraction of sp³-hybridized carbons (Fsp3) is 0.500. The molecule has 1 atom stereocenters. The third-order valence-corrected chi connectivity index (χ3v) is 7.39. The van der Waals surface area contributed by atoms with Crippen molar-refractivity contribution in [3.63, 3.8) is 0 Å². The summed E-state index contributed by atoms with van der Waals surface area (Å²) in [6, 6.07) is 16.1. The lowest BCUT2D eigenvalue weighted by Gasteiger charge is -2.36. The molecule has 1 aliphatic heterocycles. The number of rotatable bonds is 10. The maximum absolute atomic E-state index is 10.1. The first-order valence-electron chi connectivity index (χ1n) is 11.5. The van der Waals surface area contributed by atoms with Gasteiger partial charge in [0.1, 0.15) is 23.3 Å². The smallest absolute Gasteiger partial charge is 0.120 e. The highest BCUT2D eigenvalue weighted by Gasteiger charge is 2.36. The summed E-state index contributed by atoms with van der Waals surface area (Å²) in [6.45, 7) is 10.7. The van der Waals surface area contributed by atoms with Gasteiger partial charge in [-0.3, -0.25) is 4.90 Å². The Morgan fingerprint density at radius 2 is 1.76 bits per heavy atom. The van der Waals surface area contributed by atoms with Gasteiger partial charge in [-0.1, -0.05) is 19.9 Å². The predicted octanol–water partition coefficient (Wildman–Crippen LogP) is 4.39. The molecule has 33 heavy (non-hydrogen) atoms. The third kappa shape index (κ3) is 6.34. The van der Waals surface area contributed by atoms with Crippen LogP contribution in [-0.4, -0.2) is 55.7 Å². The number of nitriles is 3. The highest BCUT2D eigenvalue weighted by Crippen LogP contribution is 2.38. The van der Waals surface area contributed by atoms with Crippen molar-refractivity contribution in [1.82, 2.24) is 9.80 Å². The normalized spacial score (nSPS) is 16.5. The van der Waals surface area contributed by atoms with Crippen molar-refractivity contribution in [3.05, 3.63) is 51.7 Å². The Hall–Kier alpha value is -2.89. The Bertz CT molecular complexity index is 1040. The van der Waals surface area contributed by atoms with Crippen LogP contribution in [0.3, 0.4) is 0 Å². The molecule has 1 unspecified atom stereocenters. The Morgan fingerprint density at radius 1 is 1.03 bits per heavy atom. The van der Waals surface area contributed by atoms with Gasteiger partial charge >= 0.3 is 0 Å². The first-order valence-corrected chi connectivity index (χ1v) is 12.4. The van der Waals surface area contributed by atoms with E-state index in [2.05, 4.69) is 41.9 Å². The zero-order valence-corrected chi connectivity index (χ0v) is 20.3. The molecule has 1 saturated heterocycles. The van der Waals surface area contributed by atoms with Crippen LogP contribution in [-0.2, 0) is 5.41 Å². The van der Waals surface area contributed by atoms with Gasteiger partial charge in [0.15, 0.2) is 0 Å². The number of hydrogen-bond acceptors (Lipinski definition) is 7. The molecule has 0 radical (unpaired) electrons. The van der Waals surface area contributed by atoms with Gasteiger partial charge in [-0.2, -0.15) is 15.8 Å². The number of hydrogen-bond donors (Lipinski definition) is 0. The maximum atomic E-state index is 10.1. The van der Waals surface area contributed by atoms with Crippen LogP contribution in [0.5, 0.6) is 5.75 Å². The Kier molecular flexibility index (Phi) is 8.87. The second kappa shape index (κ2) is 11.8. The van der Waals surface area contributed by atoms with Gasteiger partial charge in [0, 0.05) is 32.7 Å². The number of nitrogens with zero attached hydrogens (tertiary/aromatic N) is 5. The van der Waals surface area contributed by atoms with E-state index in [1.165, 1.54) is 11.3 Å². The standard InChI is InChI=1S/C26H31N5OS/c1-21(2)26(20-29,23-16-25(18-28)33-19-23)7-4-8-30-9-11-31(12-10-30)13-14-32-24-6-3-5-22(15-24)17-27/h3,5-6,15-16,19,21H,4,7-14H2,1-2H3. The highest BCUT2D eigenvalue weighted by atomic mass is 32.1. The van der Waals surface area contributed by atoms with E-state index in [1.807, 2.05) is 23.6 Å². The molecule has 0 spiro atoms. The largest absolute Gasteiger partial charge is 0.492 e. The molecular formula is C26H31N5OS. The number of benzene rings is 1. The SMILES string of the molecule is CC(C)C(C#N)(CCCN1CCN(CCOc2cccc(C#N)c2)CC1)c1csc(C#N)c1. The van der Waals surface area contributed by atoms with Crippen molar-refractivity contribution >= 4 is 11.3 Å². The predicted molar refractivity (Wildman–Crippen MR) is 130 cm³/mol. The van der Waals surface area contributed by atoms with Crippen LogP contribution in [0.25, 0.3) is 0 Å². The topological polar surface area (TPSA) is 87.1 Å². The number of thiophene rings is 1. The molecule has 1 aliphatic rings. The second-order valence-electron chi connectivity index (χ2n) is 8.82. The molecule has 0 amide bonds. The van der Waals surface area contributed by atoms with Crippen molar-refractivity contribution in [2.24, 2.45) is 5.92 Å². The van der Waals surface area contributed by atoms with E-state index in [9.17, 15) is 10.5 Å². The van der Waals surface area contributed by atoms with Crippen LogP contribution in [0.2, 0.25) is 0 Å². The fourth-order valence-electron chi connectivity index (χ4n) is 4.41. The minimum absolute atomic E-state index is 0.189. The van der Waals surface area contributed by atoms with Gasteiger partial charge in [-0.25, -0.2) is 0 Å². The Labute approximate surface area is 201 Å². The minimum Gasteiger partial charge on any atom is -0.492 e. The van der Waals surface area contributed by atoms with E-state index in [1.54, 1.807) is 12.1 Å². The summed E-state index contributed by atoms with van der Waals surface area (Å²) < 4.78 is 5.81. The zero-order valence-electron chi connectivity index (χ0n) is 19.5. The van der Waals surface area contributed by atoms with Gasteiger partial charge in [-0.15, -0.1) is 11.3 Å². The lowest BCUT2D eigenvalue weighted by molar-refractivity contribution is 0.114. The molecule has 7 heteroatoms. The number of ether oxygens (including phenoxy) is 1. The van der Waals surface area contributed by atoms with Crippen LogP contribution in [0, 0.1) is 39.9 Å². The van der Waals surface area contributed by atoms with E-state index in [0.29, 0.717) is 17.0 Å². The van der Waals surface area contributed by atoms with Gasteiger partial charge in [0.25, 0.3) is 0 Å². The van der Waals surface area contributed by atoms with E-state index >= 15 is 0 Å². The molecule has 0 N–H and O–H groups in total. The molecule has 2 aromatic rings. The molecule has 2 heterocycles. The molecular weight excluding hydrogens is 430 g/mol. The maximum Gasteiger partial charge on any atom is 0.120 e. The number of piperazine rings is 1. The molecule has 0 aliphatic carbocycles. The lowest BCUT2D eigenvalue weighted by atomic mass is 9.70. The molecule has 1 aromatic carbocycles. The molecule has 1 aromatic heterocycles.